The average molecular weight is 244 g/mol. The van der Waals surface area contributed by atoms with Gasteiger partial charge in [-0.05, 0) is 6.92 Å². The van der Waals surface area contributed by atoms with Crippen LogP contribution >= 0.6 is 0 Å². The molecule has 1 aliphatic heterocycles. The van der Waals surface area contributed by atoms with Gasteiger partial charge in [0.15, 0.2) is 5.03 Å². The number of nitrogens with zero attached hydrogens (tertiary/aromatic N) is 2. The average Bonchev–Trinajstić information content (AvgIpc) is 2.65. The molecule has 2 N–H and O–H groups in total. The standard InChI is InChI=1S/C8H12N4O3S/c1-6-10-4-8(11-6)16(14,15)12-3-2-9-7(13)5-12/h4H,2-3,5H2,1H3,(H,9,13)(H,10,11). The van der Waals surface area contributed by atoms with Crippen molar-refractivity contribution in [3.63, 3.8) is 0 Å². The second-order valence-electron chi connectivity index (χ2n) is 3.52. The first kappa shape index (κ1) is 11.1. The van der Waals surface area contributed by atoms with Crippen molar-refractivity contribution in [2.45, 2.75) is 11.9 Å². The molecule has 16 heavy (non-hydrogen) atoms. The largest absolute Gasteiger partial charge is 0.354 e. The maximum absolute atomic E-state index is 12.0. The molecule has 1 amide bonds. The highest BCUT2D eigenvalue weighted by molar-refractivity contribution is 7.89. The van der Waals surface area contributed by atoms with Gasteiger partial charge in [0.1, 0.15) is 5.82 Å². The van der Waals surface area contributed by atoms with Crippen LogP contribution in [0.5, 0.6) is 0 Å². The molecule has 88 valence electrons. The summed E-state index contributed by atoms with van der Waals surface area (Å²) in [6.45, 7) is 2.15. The number of rotatable bonds is 2. The maximum Gasteiger partial charge on any atom is 0.260 e. The lowest BCUT2D eigenvalue weighted by atomic mass is 10.4. The number of amides is 1. The fraction of sp³-hybridized carbons (Fsp3) is 0.500. The van der Waals surface area contributed by atoms with E-state index in [9.17, 15) is 13.2 Å². The molecule has 2 heterocycles. The molecule has 0 atom stereocenters. The summed E-state index contributed by atoms with van der Waals surface area (Å²) in [4.78, 5) is 17.6. The second kappa shape index (κ2) is 3.87. The van der Waals surface area contributed by atoms with Gasteiger partial charge in [0.2, 0.25) is 5.91 Å². The third kappa shape index (κ3) is 1.93. The Hall–Kier alpha value is -1.41. The molecule has 1 saturated heterocycles. The highest BCUT2D eigenvalue weighted by Gasteiger charge is 2.30. The molecule has 0 unspecified atom stereocenters. The number of aryl methyl sites for hydroxylation is 1. The van der Waals surface area contributed by atoms with Crippen LogP contribution in [0.4, 0.5) is 0 Å². The lowest BCUT2D eigenvalue weighted by Gasteiger charge is -2.24. The van der Waals surface area contributed by atoms with Crippen LogP contribution in [0.25, 0.3) is 0 Å². The molecule has 0 bridgehead atoms. The van der Waals surface area contributed by atoms with E-state index in [0.717, 1.165) is 4.31 Å². The number of sulfonamides is 1. The van der Waals surface area contributed by atoms with Gasteiger partial charge in [-0.15, -0.1) is 0 Å². The predicted molar refractivity (Wildman–Crippen MR) is 55.1 cm³/mol. The number of hydrogen-bond donors (Lipinski definition) is 2. The van der Waals surface area contributed by atoms with Crippen molar-refractivity contribution in [2.75, 3.05) is 19.6 Å². The number of carbonyl (C=O) groups is 1. The molecule has 0 saturated carbocycles. The van der Waals surface area contributed by atoms with E-state index in [2.05, 4.69) is 15.3 Å². The Morgan fingerprint density at radius 3 is 2.81 bits per heavy atom. The molecule has 0 aliphatic carbocycles. The van der Waals surface area contributed by atoms with Crippen molar-refractivity contribution in [2.24, 2.45) is 0 Å². The zero-order chi connectivity index (χ0) is 11.8. The van der Waals surface area contributed by atoms with E-state index >= 15 is 0 Å². The van der Waals surface area contributed by atoms with E-state index < -0.39 is 10.0 Å². The first-order valence-electron chi connectivity index (χ1n) is 4.78. The third-order valence-electron chi connectivity index (χ3n) is 2.30. The zero-order valence-corrected chi connectivity index (χ0v) is 9.54. The number of aromatic amines is 1. The van der Waals surface area contributed by atoms with Gasteiger partial charge in [0.25, 0.3) is 10.0 Å². The Kier molecular flexibility index (Phi) is 2.68. The highest BCUT2D eigenvalue weighted by atomic mass is 32.2. The number of aromatic nitrogens is 2. The topological polar surface area (TPSA) is 95.2 Å². The molecule has 0 spiro atoms. The van der Waals surface area contributed by atoms with Crippen molar-refractivity contribution in [3.8, 4) is 0 Å². The minimum atomic E-state index is -3.62. The molecule has 0 radical (unpaired) electrons. The normalized spacial score (nSPS) is 18.4. The highest BCUT2D eigenvalue weighted by Crippen LogP contribution is 2.13. The van der Waals surface area contributed by atoms with E-state index in [1.54, 1.807) is 6.92 Å². The molecule has 2 rings (SSSR count). The van der Waals surface area contributed by atoms with Crippen LogP contribution in [-0.2, 0) is 14.8 Å². The van der Waals surface area contributed by atoms with Gasteiger partial charge in [0.05, 0.1) is 12.7 Å². The zero-order valence-electron chi connectivity index (χ0n) is 8.73. The Bertz CT molecular complexity index is 507. The molecule has 1 aliphatic rings. The number of H-pyrrole nitrogens is 1. The third-order valence-corrected chi connectivity index (χ3v) is 4.06. The summed E-state index contributed by atoms with van der Waals surface area (Å²) in [5, 5.41) is 2.60. The summed E-state index contributed by atoms with van der Waals surface area (Å²) in [5.74, 6) is 0.242. The van der Waals surface area contributed by atoms with Gasteiger partial charge in [-0.3, -0.25) is 4.79 Å². The summed E-state index contributed by atoms with van der Waals surface area (Å²) < 4.78 is 25.2. The second-order valence-corrected chi connectivity index (χ2v) is 5.43. The Morgan fingerprint density at radius 2 is 2.25 bits per heavy atom. The minimum absolute atomic E-state index is 0.0275. The van der Waals surface area contributed by atoms with E-state index in [-0.39, 0.29) is 24.0 Å². The first-order chi connectivity index (χ1) is 7.50. The van der Waals surface area contributed by atoms with Crippen molar-refractivity contribution in [1.29, 1.82) is 0 Å². The number of imidazole rings is 1. The Labute approximate surface area is 92.9 Å². The Balaban J connectivity index is 2.28. The molecule has 7 nitrogen and oxygen atoms in total. The molecule has 1 fully saturated rings. The SMILES string of the molecule is Cc1ncc(S(=O)(=O)N2CCNC(=O)C2)[nH]1. The molecule has 1 aromatic heterocycles. The van der Waals surface area contributed by atoms with Crippen LogP contribution in [0.1, 0.15) is 5.82 Å². The fourth-order valence-electron chi connectivity index (χ4n) is 1.49. The molecule has 8 heteroatoms. The molecular formula is C8H12N4O3S. The van der Waals surface area contributed by atoms with Crippen LogP contribution in [-0.4, -0.2) is 48.2 Å². The van der Waals surface area contributed by atoms with Gasteiger partial charge in [-0.25, -0.2) is 13.4 Å². The van der Waals surface area contributed by atoms with Crippen LogP contribution < -0.4 is 5.32 Å². The number of piperazine rings is 1. The fourth-order valence-corrected chi connectivity index (χ4v) is 2.85. The van der Waals surface area contributed by atoms with Crippen molar-refractivity contribution in [1.82, 2.24) is 19.6 Å². The molecular weight excluding hydrogens is 232 g/mol. The van der Waals surface area contributed by atoms with Crippen LogP contribution in [0.3, 0.4) is 0 Å². The van der Waals surface area contributed by atoms with E-state index in [1.165, 1.54) is 6.20 Å². The summed E-state index contributed by atoms with van der Waals surface area (Å²) in [7, 11) is -3.62. The molecule has 0 aromatic carbocycles. The van der Waals surface area contributed by atoms with E-state index in [1.807, 2.05) is 0 Å². The summed E-state index contributed by atoms with van der Waals surface area (Å²) in [6.07, 6.45) is 1.26. The van der Waals surface area contributed by atoms with E-state index in [4.69, 9.17) is 0 Å². The lowest BCUT2D eigenvalue weighted by molar-refractivity contribution is -0.122. The van der Waals surface area contributed by atoms with Crippen molar-refractivity contribution in [3.05, 3.63) is 12.0 Å². The maximum atomic E-state index is 12.0. The van der Waals surface area contributed by atoms with Gasteiger partial charge in [-0.2, -0.15) is 4.31 Å². The van der Waals surface area contributed by atoms with E-state index in [0.29, 0.717) is 12.4 Å². The van der Waals surface area contributed by atoms with Gasteiger partial charge >= 0.3 is 0 Å². The predicted octanol–water partition coefficient (Wildman–Crippen LogP) is -1.16. The van der Waals surface area contributed by atoms with Crippen LogP contribution in [0.2, 0.25) is 0 Å². The summed E-state index contributed by atoms with van der Waals surface area (Å²) in [6, 6.07) is 0. The van der Waals surface area contributed by atoms with Crippen LogP contribution in [0.15, 0.2) is 11.2 Å². The van der Waals surface area contributed by atoms with Gasteiger partial charge < -0.3 is 10.3 Å². The monoisotopic (exact) mass is 244 g/mol. The summed E-state index contributed by atoms with van der Waals surface area (Å²) in [5.41, 5.74) is 0. The van der Waals surface area contributed by atoms with Crippen molar-refractivity contribution < 1.29 is 13.2 Å². The number of hydrogen-bond acceptors (Lipinski definition) is 4. The van der Waals surface area contributed by atoms with Gasteiger partial charge in [-0.1, -0.05) is 0 Å². The van der Waals surface area contributed by atoms with Gasteiger partial charge in [0, 0.05) is 13.1 Å². The minimum Gasteiger partial charge on any atom is -0.354 e. The summed E-state index contributed by atoms with van der Waals surface area (Å²) >= 11 is 0. The number of nitrogens with one attached hydrogen (secondary N) is 2. The lowest BCUT2D eigenvalue weighted by Crippen LogP contribution is -2.49. The van der Waals surface area contributed by atoms with Crippen molar-refractivity contribution >= 4 is 15.9 Å². The smallest absolute Gasteiger partial charge is 0.260 e. The first-order valence-corrected chi connectivity index (χ1v) is 6.22. The molecule has 1 aromatic rings. The quantitative estimate of drug-likeness (QED) is 0.686. The number of carbonyl (C=O) groups excluding carboxylic acids is 1. The van der Waals surface area contributed by atoms with Crippen LogP contribution in [0, 0.1) is 6.92 Å². The Morgan fingerprint density at radius 1 is 1.50 bits per heavy atom.